The van der Waals surface area contributed by atoms with Crippen LogP contribution in [-0.2, 0) is 17.9 Å². The van der Waals surface area contributed by atoms with Gasteiger partial charge < -0.3 is 18.8 Å². The van der Waals surface area contributed by atoms with E-state index in [0.717, 1.165) is 29.6 Å². The number of hydrogen-bond acceptors (Lipinski definition) is 3. The number of rotatable bonds is 12. The van der Waals surface area contributed by atoms with E-state index in [4.69, 9.17) is 4.42 Å². The van der Waals surface area contributed by atoms with Crippen LogP contribution < -0.4 is 0 Å². The lowest BCUT2D eigenvalue weighted by Gasteiger charge is -2.28. The third-order valence-electron chi connectivity index (χ3n) is 5.61. The molecule has 34 heavy (non-hydrogen) atoms. The Kier molecular flexibility index (Phi) is 9.57. The van der Waals surface area contributed by atoms with E-state index in [1.165, 1.54) is 11.8 Å². The van der Waals surface area contributed by atoms with Crippen LogP contribution in [0.4, 0.5) is 0 Å². The van der Waals surface area contributed by atoms with E-state index < -0.39 is 0 Å². The average Bonchev–Trinajstić information content (AvgIpc) is 3.49. The highest BCUT2D eigenvalue weighted by molar-refractivity contribution is 9.10. The molecule has 2 amide bonds. The number of benzene rings is 1. The lowest BCUT2D eigenvalue weighted by atomic mass is 10.2. The van der Waals surface area contributed by atoms with Gasteiger partial charge in [0.05, 0.1) is 12.8 Å². The lowest BCUT2D eigenvalue weighted by Crippen LogP contribution is -2.44. The van der Waals surface area contributed by atoms with Crippen molar-refractivity contribution in [2.24, 2.45) is 5.92 Å². The van der Waals surface area contributed by atoms with Crippen molar-refractivity contribution in [1.82, 2.24) is 14.4 Å². The number of amides is 2. The Balaban J connectivity index is 1.74. The van der Waals surface area contributed by atoms with Gasteiger partial charge in [-0.05, 0) is 54.3 Å². The fraction of sp³-hybridized carbons (Fsp3) is 0.407. The predicted octanol–water partition coefficient (Wildman–Crippen LogP) is 5.82. The van der Waals surface area contributed by atoms with Crippen molar-refractivity contribution in [3.63, 3.8) is 0 Å². The molecule has 0 saturated carbocycles. The van der Waals surface area contributed by atoms with Gasteiger partial charge in [-0.1, -0.05) is 55.3 Å². The standard InChI is InChI=1S/C27H34BrN3O3/c1-4-5-14-30(19-24-8-6-15-29(24)18-22-10-12-23(28)13-11-22)26(32)20-31(17-21(2)3)27(33)25-9-7-16-34-25/h6-13,15-16,21H,4-5,14,17-20H2,1-3H3. The number of halogens is 1. The van der Waals surface area contributed by atoms with Gasteiger partial charge in [0.25, 0.3) is 5.91 Å². The van der Waals surface area contributed by atoms with Crippen LogP contribution in [0.5, 0.6) is 0 Å². The third-order valence-corrected chi connectivity index (χ3v) is 6.14. The zero-order valence-corrected chi connectivity index (χ0v) is 21.8. The van der Waals surface area contributed by atoms with Gasteiger partial charge in [-0.3, -0.25) is 9.59 Å². The minimum Gasteiger partial charge on any atom is -0.459 e. The van der Waals surface area contributed by atoms with Gasteiger partial charge in [-0.2, -0.15) is 0 Å². The van der Waals surface area contributed by atoms with Gasteiger partial charge in [0.2, 0.25) is 5.91 Å². The summed E-state index contributed by atoms with van der Waals surface area (Å²) < 4.78 is 8.53. The summed E-state index contributed by atoms with van der Waals surface area (Å²) in [6.45, 7) is 8.62. The molecule has 2 heterocycles. The second kappa shape index (κ2) is 12.6. The van der Waals surface area contributed by atoms with Crippen LogP contribution in [-0.4, -0.2) is 45.8 Å². The molecule has 0 fully saturated rings. The minimum atomic E-state index is -0.249. The van der Waals surface area contributed by atoms with Gasteiger partial charge in [-0.15, -0.1) is 0 Å². The molecule has 0 spiro atoms. The van der Waals surface area contributed by atoms with Crippen molar-refractivity contribution in [3.8, 4) is 0 Å². The Morgan fingerprint density at radius 2 is 1.82 bits per heavy atom. The summed E-state index contributed by atoms with van der Waals surface area (Å²) in [7, 11) is 0. The Morgan fingerprint density at radius 1 is 1.06 bits per heavy atom. The largest absolute Gasteiger partial charge is 0.459 e. The number of nitrogens with zero attached hydrogens (tertiary/aromatic N) is 3. The van der Waals surface area contributed by atoms with E-state index in [0.29, 0.717) is 19.6 Å². The number of hydrogen-bond donors (Lipinski definition) is 0. The van der Waals surface area contributed by atoms with Crippen LogP contribution in [0.25, 0.3) is 0 Å². The molecule has 3 aromatic rings. The summed E-state index contributed by atoms with van der Waals surface area (Å²) in [5, 5.41) is 0. The molecular weight excluding hydrogens is 494 g/mol. The molecule has 7 heteroatoms. The predicted molar refractivity (Wildman–Crippen MR) is 137 cm³/mol. The molecule has 0 saturated heterocycles. The first-order valence-electron chi connectivity index (χ1n) is 11.9. The summed E-state index contributed by atoms with van der Waals surface area (Å²) in [6.07, 6.45) is 5.43. The number of aromatic nitrogens is 1. The number of carbonyl (C=O) groups is 2. The molecule has 3 rings (SSSR count). The molecule has 0 radical (unpaired) electrons. The molecule has 2 aromatic heterocycles. The smallest absolute Gasteiger partial charge is 0.290 e. The zero-order chi connectivity index (χ0) is 24.5. The molecule has 1 aromatic carbocycles. The Bertz CT molecular complexity index is 1040. The van der Waals surface area contributed by atoms with Crippen molar-refractivity contribution in [2.75, 3.05) is 19.6 Å². The first-order valence-corrected chi connectivity index (χ1v) is 12.7. The summed E-state index contributed by atoms with van der Waals surface area (Å²) in [5.41, 5.74) is 2.26. The van der Waals surface area contributed by atoms with Gasteiger partial charge in [0, 0.05) is 36.0 Å². The summed E-state index contributed by atoms with van der Waals surface area (Å²) in [6, 6.07) is 15.7. The fourth-order valence-electron chi connectivity index (χ4n) is 3.85. The first-order chi connectivity index (χ1) is 16.4. The minimum absolute atomic E-state index is 0.0366. The highest BCUT2D eigenvalue weighted by atomic mass is 79.9. The maximum Gasteiger partial charge on any atom is 0.290 e. The van der Waals surface area contributed by atoms with Crippen LogP contribution in [0, 0.1) is 5.92 Å². The second-order valence-corrected chi connectivity index (χ2v) is 9.90. The monoisotopic (exact) mass is 527 g/mol. The van der Waals surface area contributed by atoms with Gasteiger partial charge in [-0.25, -0.2) is 0 Å². The molecule has 0 bridgehead atoms. The maximum absolute atomic E-state index is 13.4. The van der Waals surface area contributed by atoms with E-state index in [-0.39, 0.29) is 30.0 Å². The normalized spacial score (nSPS) is 11.1. The average molecular weight is 528 g/mol. The summed E-state index contributed by atoms with van der Waals surface area (Å²) in [5.74, 6) is 0.197. The Labute approximate surface area is 210 Å². The Morgan fingerprint density at radius 3 is 2.47 bits per heavy atom. The molecule has 0 aliphatic rings. The topological polar surface area (TPSA) is 58.7 Å². The van der Waals surface area contributed by atoms with Crippen molar-refractivity contribution >= 4 is 27.7 Å². The van der Waals surface area contributed by atoms with Crippen LogP contribution in [0.15, 0.2) is 69.9 Å². The SMILES string of the molecule is CCCCN(Cc1cccn1Cc1ccc(Br)cc1)C(=O)CN(CC(C)C)C(=O)c1ccco1. The Hall–Kier alpha value is -2.80. The first kappa shape index (κ1) is 25.8. The molecule has 0 N–H and O–H groups in total. The van der Waals surface area contributed by atoms with Crippen molar-refractivity contribution in [2.45, 2.75) is 46.7 Å². The van der Waals surface area contributed by atoms with E-state index >= 15 is 0 Å². The maximum atomic E-state index is 13.4. The van der Waals surface area contributed by atoms with E-state index in [9.17, 15) is 9.59 Å². The summed E-state index contributed by atoms with van der Waals surface area (Å²) >= 11 is 3.48. The molecule has 182 valence electrons. The van der Waals surface area contributed by atoms with E-state index in [2.05, 4.69) is 45.6 Å². The molecule has 0 unspecified atom stereocenters. The third kappa shape index (κ3) is 7.35. The van der Waals surface area contributed by atoms with Crippen molar-refractivity contribution < 1.29 is 14.0 Å². The van der Waals surface area contributed by atoms with Crippen molar-refractivity contribution in [3.05, 3.63) is 82.5 Å². The van der Waals surface area contributed by atoms with Gasteiger partial charge in [0.15, 0.2) is 5.76 Å². The molecular formula is C27H34BrN3O3. The lowest BCUT2D eigenvalue weighted by molar-refractivity contribution is -0.132. The summed E-state index contributed by atoms with van der Waals surface area (Å²) in [4.78, 5) is 29.9. The quantitative estimate of drug-likeness (QED) is 0.298. The van der Waals surface area contributed by atoms with Crippen molar-refractivity contribution in [1.29, 1.82) is 0 Å². The molecule has 0 aliphatic heterocycles. The molecule has 0 aliphatic carbocycles. The highest BCUT2D eigenvalue weighted by Gasteiger charge is 2.25. The molecule has 6 nitrogen and oxygen atoms in total. The van der Waals surface area contributed by atoms with E-state index in [1.807, 2.05) is 43.1 Å². The number of furan rings is 1. The van der Waals surface area contributed by atoms with Crippen LogP contribution in [0.1, 0.15) is 55.4 Å². The molecule has 0 atom stereocenters. The van der Waals surface area contributed by atoms with Crippen LogP contribution >= 0.6 is 15.9 Å². The number of carbonyl (C=O) groups excluding carboxylic acids is 2. The van der Waals surface area contributed by atoms with Gasteiger partial charge >= 0.3 is 0 Å². The van der Waals surface area contributed by atoms with Crippen LogP contribution in [0.2, 0.25) is 0 Å². The van der Waals surface area contributed by atoms with Gasteiger partial charge in [0.1, 0.15) is 6.54 Å². The zero-order valence-electron chi connectivity index (χ0n) is 20.2. The number of unbranched alkanes of at least 4 members (excludes halogenated alkanes) is 1. The fourth-order valence-corrected chi connectivity index (χ4v) is 4.11. The van der Waals surface area contributed by atoms with Crippen LogP contribution in [0.3, 0.4) is 0 Å². The highest BCUT2D eigenvalue weighted by Crippen LogP contribution is 2.16. The second-order valence-electron chi connectivity index (χ2n) is 8.98. The van der Waals surface area contributed by atoms with E-state index in [1.54, 1.807) is 17.0 Å².